The molecular formula is C13H11BrN2O4S. The van der Waals surface area contributed by atoms with Crippen LogP contribution in [0, 0.1) is 6.92 Å². The standard InChI is InChI=1S/C13H11BrN2O4S/c1-7-11(13(18)19)12(21-15-7)16(2)10(17)6-4-8-3-5-9(14)20-8/h3-6H,1-2H3,(H,18,19). The minimum Gasteiger partial charge on any atom is -0.478 e. The quantitative estimate of drug-likeness (QED) is 0.835. The van der Waals surface area contributed by atoms with Crippen molar-refractivity contribution < 1.29 is 19.1 Å². The number of aromatic carboxylic acids is 1. The van der Waals surface area contributed by atoms with Crippen LogP contribution in [0.1, 0.15) is 21.8 Å². The summed E-state index contributed by atoms with van der Waals surface area (Å²) in [5.41, 5.74) is 0.436. The molecule has 1 amide bonds. The summed E-state index contributed by atoms with van der Waals surface area (Å²) in [6.07, 6.45) is 2.82. The van der Waals surface area contributed by atoms with E-state index in [-0.39, 0.29) is 11.5 Å². The van der Waals surface area contributed by atoms with Crippen LogP contribution in [0.2, 0.25) is 0 Å². The number of halogens is 1. The van der Waals surface area contributed by atoms with E-state index >= 15 is 0 Å². The van der Waals surface area contributed by atoms with E-state index in [1.165, 1.54) is 24.1 Å². The largest absolute Gasteiger partial charge is 0.478 e. The van der Waals surface area contributed by atoms with E-state index in [4.69, 9.17) is 9.52 Å². The highest BCUT2D eigenvalue weighted by Gasteiger charge is 2.22. The zero-order chi connectivity index (χ0) is 15.6. The van der Waals surface area contributed by atoms with E-state index in [0.29, 0.717) is 21.1 Å². The molecule has 0 bridgehead atoms. The van der Waals surface area contributed by atoms with Gasteiger partial charge in [0.15, 0.2) is 4.67 Å². The Balaban J connectivity index is 2.20. The molecule has 0 saturated carbocycles. The number of likely N-dealkylation sites (N-methyl/N-ethyl adjacent to an activating group) is 1. The van der Waals surface area contributed by atoms with E-state index in [1.807, 2.05) is 0 Å². The highest BCUT2D eigenvalue weighted by molar-refractivity contribution is 9.10. The Labute approximate surface area is 133 Å². The van der Waals surface area contributed by atoms with Gasteiger partial charge in [-0.15, -0.1) is 0 Å². The Morgan fingerprint density at radius 3 is 2.76 bits per heavy atom. The first kappa shape index (κ1) is 15.5. The first-order valence-electron chi connectivity index (χ1n) is 5.81. The fourth-order valence-electron chi connectivity index (χ4n) is 1.62. The number of hydrogen-bond acceptors (Lipinski definition) is 5. The Kier molecular flexibility index (Phi) is 4.59. The number of rotatable bonds is 4. The first-order valence-corrected chi connectivity index (χ1v) is 7.37. The molecule has 2 rings (SSSR count). The molecular weight excluding hydrogens is 360 g/mol. The SMILES string of the molecule is Cc1nsc(N(C)C(=O)C=Cc2ccc(Br)o2)c1C(=O)O. The Morgan fingerprint density at radius 2 is 2.19 bits per heavy atom. The predicted octanol–water partition coefficient (Wildman–Crippen LogP) is 3.18. The molecule has 0 spiro atoms. The summed E-state index contributed by atoms with van der Waals surface area (Å²) in [6, 6.07) is 3.41. The van der Waals surface area contributed by atoms with Gasteiger partial charge in [0.25, 0.3) is 5.91 Å². The second-order valence-electron chi connectivity index (χ2n) is 4.13. The van der Waals surface area contributed by atoms with Crippen molar-refractivity contribution in [3.8, 4) is 0 Å². The molecule has 0 aliphatic carbocycles. The summed E-state index contributed by atoms with van der Waals surface area (Å²) in [5.74, 6) is -0.953. The minimum absolute atomic E-state index is 0.0463. The minimum atomic E-state index is -1.10. The van der Waals surface area contributed by atoms with E-state index in [9.17, 15) is 9.59 Å². The van der Waals surface area contributed by atoms with Crippen LogP contribution in [0.3, 0.4) is 0 Å². The number of carboxylic acids is 1. The van der Waals surface area contributed by atoms with Crippen LogP contribution < -0.4 is 4.90 Å². The van der Waals surface area contributed by atoms with Crippen LogP contribution >= 0.6 is 27.5 Å². The maximum Gasteiger partial charge on any atom is 0.340 e. The molecule has 6 nitrogen and oxygen atoms in total. The summed E-state index contributed by atoms with van der Waals surface area (Å²) in [4.78, 5) is 24.5. The maximum absolute atomic E-state index is 12.1. The maximum atomic E-state index is 12.1. The van der Waals surface area contributed by atoms with Crippen LogP contribution in [-0.2, 0) is 4.79 Å². The van der Waals surface area contributed by atoms with E-state index in [1.54, 1.807) is 19.1 Å². The topological polar surface area (TPSA) is 83.6 Å². The third-order valence-electron chi connectivity index (χ3n) is 2.68. The number of nitrogens with zero attached hydrogens (tertiary/aromatic N) is 2. The third-order valence-corrected chi connectivity index (χ3v) is 4.12. The summed E-state index contributed by atoms with van der Waals surface area (Å²) >= 11 is 4.14. The lowest BCUT2D eigenvalue weighted by molar-refractivity contribution is -0.113. The van der Waals surface area contributed by atoms with Crippen molar-refractivity contribution in [2.75, 3.05) is 11.9 Å². The van der Waals surface area contributed by atoms with Gasteiger partial charge in [0.1, 0.15) is 16.3 Å². The van der Waals surface area contributed by atoms with E-state index in [2.05, 4.69) is 20.3 Å². The van der Waals surface area contributed by atoms with Crippen molar-refractivity contribution in [1.29, 1.82) is 0 Å². The lowest BCUT2D eigenvalue weighted by Crippen LogP contribution is -2.24. The summed E-state index contributed by atoms with van der Waals surface area (Å²) < 4.78 is 9.79. The summed E-state index contributed by atoms with van der Waals surface area (Å²) in [7, 11) is 1.50. The van der Waals surface area contributed by atoms with Gasteiger partial charge in [0.05, 0.1) is 5.69 Å². The summed E-state index contributed by atoms with van der Waals surface area (Å²) in [5, 5.41) is 9.47. The molecule has 0 unspecified atom stereocenters. The van der Waals surface area contributed by atoms with Gasteiger partial charge in [-0.05, 0) is 52.6 Å². The first-order chi connectivity index (χ1) is 9.90. The van der Waals surface area contributed by atoms with Gasteiger partial charge in [-0.3, -0.25) is 4.79 Å². The van der Waals surface area contributed by atoms with Gasteiger partial charge in [-0.1, -0.05) is 0 Å². The number of furan rings is 1. The van der Waals surface area contributed by atoms with Gasteiger partial charge >= 0.3 is 5.97 Å². The molecule has 1 N–H and O–H groups in total. The summed E-state index contributed by atoms with van der Waals surface area (Å²) in [6.45, 7) is 1.60. The highest BCUT2D eigenvalue weighted by atomic mass is 79.9. The Hall–Kier alpha value is -1.93. The lowest BCUT2D eigenvalue weighted by atomic mass is 10.2. The molecule has 0 saturated heterocycles. The fraction of sp³-hybridized carbons (Fsp3) is 0.154. The number of carbonyl (C=O) groups is 2. The number of aryl methyl sites for hydroxylation is 1. The molecule has 0 aromatic carbocycles. The zero-order valence-corrected chi connectivity index (χ0v) is 13.6. The molecule has 21 heavy (non-hydrogen) atoms. The van der Waals surface area contributed by atoms with Gasteiger partial charge in [-0.25, -0.2) is 4.79 Å². The van der Waals surface area contributed by atoms with Crippen LogP contribution in [0.15, 0.2) is 27.3 Å². The van der Waals surface area contributed by atoms with Crippen molar-refractivity contribution in [3.05, 3.63) is 39.9 Å². The number of amides is 1. The average Bonchev–Trinajstić information content (AvgIpc) is 3.01. The monoisotopic (exact) mass is 370 g/mol. The van der Waals surface area contributed by atoms with Crippen molar-refractivity contribution in [2.45, 2.75) is 6.92 Å². The van der Waals surface area contributed by atoms with Crippen LogP contribution in [0.4, 0.5) is 5.00 Å². The molecule has 110 valence electrons. The molecule has 2 aromatic rings. The van der Waals surface area contributed by atoms with Crippen LogP contribution in [-0.4, -0.2) is 28.4 Å². The molecule has 0 aliphatic rings. The van der Waals surface area contributed by atoms with E-state index in [0.717, 1.165) is 11.5 Å². The number of carbonyl (C=O) groups excluding carboxylic acids is 1. The van der Waals surface area contributed by atoms with E-state index < -0.39 is 5.97 Å². The smallest absolute Gasteiger partial charge is 0.340 e. The van der Waals surface area contributed by atoms with Crippen molar-refractivity contribution >= 4 is 50.4 Å². The van der Waals surface area contributed by atoms with Crippen molar-refractivity contribution in [3.63, 3.8) is 0 Å². The molecule has 8 heteroatoms. The Bertz CT molecular complexity index is 720. The molecule has 0 aliphatic heterocycles. The molecule has 0 radical (unpaired) electrons. The van der Waals surface area contributed by atoms with Crippen molar-refractivity contribution in [2.24, 2.45) is 0 Å². The number of carboxylic acid groups (broad SMARTS) is 1. The number of aromatic nitrogens is 1. The zero-order valence-electron chi connectivity index (χ0n) is 11.2. The average molecular weight is 371 g/mol. The van der Waals surface area contributed by atoms with Gasteiger partial charge in [0.2, 0.25) is 0 Å². The molecule has 0 fully saturated rings. The predicted molar refractivity (Wildman–Crippen MR) is 82.7 cm³/mol. The second-order valence-corrected chi connectivity index (χ2v) is 5.66. The van der Waals surface area contributed by atoms with Crippen molar-refractivity contribution in [1.82, 2.24) is 4.37 Å². The number of hydrogen-bond donors (Lipinski definition) is 1. The number of anilines is 1. The van der Waals surface area contributed by atoms with Gasteiger partial charge in [-0.2, -0.15) is 4.37 Å². The molecule has 2 aromatic heterocycles. The third kappa shape index (κ3) is 3.40. The van der Waals surface area contributed by atoms with Gasteiger partial charge in [0, 0.05) is 13.1 Å². The molecule has 0 atom stereocenters. The fourth-order valence-corrected chi connectivity index (χ4v) is 2.79. The highest BCUT2D eigenvalue weighted by Crippen LogP contribution is 2.28. The lowest BCUT2D eigenvalue weighted by Gasteiger charge is -2.13. The normalized spacial score (nSPS) is 11.0. The molecule has 2 heterocycles. The second kappa shape index (κ2) is 6.23. The van der Waals surface area contributed by atoms with Gasteiger partial charge < -0.3 is 14.4 Å². The van der Waals surface area contributed by atoms with Crippen LogP contribution in [0.25, 0.3) is 6.08 Å². The Morgan fingerprint density at radius 1 is 1.48 bits per heavy atom. The van der Waals surface area contributed by atoms with Crippen LogP contribution in [0.5, 0.6) is 0 Å².